The molecule has 152 valence electrons. The first-order valence-corrected chi connectivity index (χ1v) is 9.47. The molecule has 0 spiro atoms. The number of benzene rings is 2. The number of hydrogen-bond donors (Lipinski definition) is 1. The average Bonchev–Trinajstić information content (AvgIpc) is 3.18. The highest BCUT2D eigenvalue weighted by Crippen LogP contribution is 2.31. The zero-order valence-corrected chi connectivity index (χ0v) is 16.9. The van der Waals surface area contributed by atoms with Crippen LogP contribution in [0.1, 0.15) is 12.5 Å². The Hall–Kier alpha value is -3.87. The number of carbonyl (C=O) groups excluding carboxylic acids is 1. The van der Waals surface area contributed by atoms with Crippen molar-refractivity contribution in [3.05, 3.63) is 66.5 Å². The molecule has 30 heavy (non-hydrogen) atoms. The van der Waals surface area contributed by atoms with Crippen LogP contribution in [-0.2, 0) is 4.79 Å². The summed E-state index contributed by atoms with van der Waals surface area (Å²) in [5, 5.41) is 2.86. The van der Waals surface area contributed by atoms with Gasteiger partial charge in [0.2, 0.25) is 5.89 Å². The van der Waals surface area contributed by atoms with Gasteiger partial charge in [-0.05, 0) is 55.8 Å². The van der Waals surface area contributed by atoms with Crippen LogP contribution in [0.3, 0.4) is 0 Å². The first kappa shape index (κ1) is 19.4. The number of amides is 1. The van der Waals surface area contributed by atoms with Crippen LogP contribution >= 0.6 is 0 Å². The van der Waals surface area contributed by atoms with Crippen LogP contribution in [0.25, 0.3) is 22.6 Å². The van der Waals surface area contributed by atoms with Crippen LogP contribution in [0.5, 0.6) is 11.5 Å². The summed E-state index contributed by atoms with van der Waals surface area (Å²) in [7, 11) is 1.58. The molecule has 2 aromatic carbocycles. The van der Waals surface area contributed by atoms with Crippen molar-refractivity contribution in [3.8, 4) is 23.0 Å². The summed E-state index contributed by atoms with van der Waals surface area (Å²) < 4.78 is 17.0. The Morgan fingerprint density at radius 2 is 1.93 bits per heavy atom. The van der Waals surface area contributed by atoms with Gasteiger partial charge in [-0.25, -0.2) is 4.98 Å². The van der Waals surface area contributed by atoms with E-state index in [1.165, 1.54) is 0 Å². The number of aromatic nitrogens is 2. The molecule has 7 heteroatoms. The Morgan fingerprint density at radius 3 is 2.70 bits per heavy atom. The molecule has 1 atom stereocenters. The van der Waals surface area contributed by atoms with Crippen molar-refractivity contribution in [1.29, 1.82) is 0 Å². The van der Waals surface area contributed by atoms with E-state index in [4.69, 9.17) is 13.9 Å². The molecule has 0 aliphatic rings. The second-order valence-electron chi connectivity index (χ2n) is 6.79. The predicted octanol–water partition coefficient (Wildman–Crippen LogP) is 4.61. The third kappa shape index (κ3) is 3.96. The number of nitrogens with zero attached hydrogens (tertiary/aromatic N) is 2. The van der Waals surface area contributed by atoms with Crippen LogP contribution in [0.2, 0.25) is 0 Å². The lowest BCUT2D eigenvalue weighted by atomic mass is 10.2. The highest BCUT2D eigenvalue weighted by atomic mass is 16.5. The van der Waals surface area contributed by atoms with Gasteiger partial charge in [0.15, 0.2) is 23.2 Å². The first-order chi connectivity index (χ1) is 14.5. The molecule has 0 radical (unpaired) electrons. The van der Waals surface area contributed by atoms with Crippen molar-refractivity contribution in [2.45, 2.75) is 20.0 Å². The normalized spacial score (nSPS) is 11.8. The topological polar surface area (TPSA) is 86.5 Å². The van der Waals surface area contributed by atoms with E-state index in [0.717, 1.165) is 11.1 Å². The van der Waals surface area contributed by atoms with E-state index in [0.29, 0.717) is 34.2 Å². The lowest BCUT2D eigenvalue weighted by Gasteiger charge is -2.17. The SMILES string of the molecule is COc1c(C)cccc1OC(C)C(=O)Nc1ccc2oc(-c3ccncc3)nc2c1. The Kier molecular flexibility index (Phi) is 5.34. The van der Waals surface area contributed by atoms with E-state index < -0.39 is 6.10 Å². The summed E-state index contributed by atoms with van der Waals surface area (Å²) in [6.07, 6.45) is 2.64. The van der Waals surface area contributed by atoms with Crippen molar-refractivity contribution in [2.75, 3.05) is 12.4 Å². The number of anilines is 1. The van der Waals surface area contributed by atoms with Gasteiger partial charge in [-0.3, -0.25) is 9.78 Å². The van der Waals surface area contributed by atoms with E-state index >= 15 is 0 Å². The summed E-state index contributed by atoms with van der Waals surface area (Å²) in [5.41, 5.74) is 3.65. The van der Waals surface area contributed by atoms with Crippen molar-refractivity contribution in [2.24, 2.45) is 0 Å². The number of pyridine rings is 1. The van der Waals surface area contributed by atoms with Gasteiger partial charge in [0.1, 0.15) is 5.52 Å². The maximum absolute atomic E-state index is 12.6. The molecule has 0 bridgehead atoms. The van der Waals surface area contributed by atoms with Gasteiger partial charge in [0.25, 0.3) is 5.91 Å². The zero-order valence-electron chi connectivity index (χ0n) is 16.9. The average molecular weight is 403 g/mol. The molecule has 2 aromatic heterocycles. The smallest absolute Gasteiger partial charge is 0.265 e. The molecule has 0 saturated heterocycles. The van der Waals surface area contributed by atoms with E-state index in [1.807, 2.05) is 31.2 Å². The molecule has 4 aromatic rings. The van der Waals surface area contributed by atoms with Gasteiger partial charge in [0, 0.05) is 23.6 Å². The Balaban J connectivity index is 1.49. The van der Waals surface area contributed by atoms with E-state index in [9.17, 15) is 4.79 Å². The molecule has 0 saturated carbocycles. The number of methoxy groups -OCH3 is 1. The largest absolute Gasteiger partial charge is 0.493 e. The van der Waals surface area contributed by atoms with E-state index in [2.05, 4.69) is 15.3 Å². The van der Waals surface area contributed by atoms with Crippen LogP contribution < -0.4 is 14.8 Å². The molecule has 1 unspecified atom stereocenters. The maximum atomic E-state index is 12.6. The van der Waals surface area contributed by atoms with Crippen molar-refractivity contribution >= 4 is 22.7 Å². The fourth-order valence-corrected chi connectivity index (χ4v) is 3.09. The third-order valence-electron chi connectivity index (χ3n) is 4.64. The molecule has 7 nitrogen and oxygen atoms in total. The minimum Gasteiger partial charge on any atom is -0.493 e. The van der Waals surface area contributed by atoms with Gasteiger partial charge in [-0.1, -0.05) is 12.1 Å². The van der Waals surface area contributed by atoms with Gasteiger partial charge in [-0.15, -0.1) is 0 Å². The third-order valence-corrected chi connectivity index (χ3v) is 4.64. The van der Waals surface area contributed by atoms with Gasteiger partial charge in [0.05, 0.1) is 7.11 Å². The lowest BCUT2D eigenvalue weighted by molar-refractivity contribution is -0.122. The minimum absolute atomic E-state index is 0.282. The molecule has 0 fully saturated rings. The molecule has 1 N–H and O–H groups in total. The summed E-state index contributed by atoms with van der Waals surface area (Å²) in [4.78, 5) is 21.1. The summed E-state index contributed by atoms with van der Waals surface area (Å²) in [5.74, 6) is 1.36. The number of ether oxygens (including phenoxy) is 2. The van der Waals surface area contributed by atoms with Crippen LogP contribution in [0.4, 0.5) is 5.69 Å². The second-order valence-corrected chi connectivity index (χ2v) is 6.79. The Bertz CT molecular complexity index is 1190. The summed E-state index contributed by atoms with van der Waals surface area (Å²) >= 11 is 0. The molecular weight excluding hydrogens is 382 g/mol. The molecule has 4 rings (SSSR count). The summed E-state index contributed by atoms with van der Waals surface area (Å²) in [6, 6.07) is 14.5. The monoisotopic (exact) mass is 403 g/mol. The van der Waals surface area contributed by atoms with E-state index in [-0.39, 0.29) is 5.91 Å². The number of nitrogens with one attached hydrogen (secondary N) is 1. The van der Waals surface area contributed by atoms with Crippen LogP contribution in [0, 0.1) is 6.92 Å². The first-order valence-electron chi connectivity index (χ1n) is 9.47. The van der Waals surface area contributed by atoms with Gasteiger partial charge >= 0.3 is 0 Å². The Morgan fingerprint density at radius 1 is 1.13 bits per heavy atom. The molecule has 2 heterocycles. The standard InChI is InChI=1S/C23H21N3O4/c1-14-5-4-6-20(21(14)28-3)29-15(2)22(27)25-17-7-8-19-18(13-17)26-23(30-19)16-9-11-24-12-10-16/h4-13,15H,1-3H3,(H,25,27). The summed E-state index contributed by atoms with van der Waals surface area (Å²) in [6.45, 7) is 3.61. The number of aryl methyl sites for hydroxylation is 1. The van der Waals surface area contributed by atoms with Crippen LogP contribution in [-0.4, -0.2) is 29.1 Å². The number of oxazole rings is 1. The highest BCUT2D eigenvalue weighted by molar-refractivity contribution is 5.95. The molecular formula is C23H21N3O4. The molecule has 0 aliphatic carbocycles. The number of carbonyl (C=O) groups is 1. The van der Waals surface area contributed by atoms with Crippen molar-refractivity contribution < 1.29 is 18.7 Å². The fraction of sp³-hybridized carbons (Fsp3) is 0.174. The number of fused-ring (bicyclic) bond motifs is 1. The van der Waals surface area contributed by atoms with E-state index in [1.54, 1.807) is 50.7 Å². The second kappa shape index (κ2) is 8.24. The van der Waals surface area contributed by atoms with Gasteiger partial charge in [-0.2, -0.15) is 0 Å². The number of hydrogen-bond acceptors (Lipinski definition) is 6. The number of rotatable bonds is 6. The van der Waals surface area contributed by atoms with Crippen molar-refractivity contribution in [3.63, 3.8) is 0 Å². The van der Waals surface area contributed by atoms with Crippen molar-refractivity contribution in [1.82, 2.24) is 9.97 Å². The lowest BCUT2D eigenvalue weighted by Crippen LogP contribution is -2.30. The van der Waals surface area contributed by atoms with Crippen LogP contribution in [0.15, 0.2) is 65.3 Å². The Labute approximate surface area is 173 Å². The molecule has 0 aliphatic heterocycles. The fourth-order valence-electron chi connectivity index (χ4n) is 3.09. The maximum Gasteiger partial charge on any atom is 0.265 e. The number of para-hydroxylation sites is 1. The highest BCUT2D eigenvalue weighted by Gasteiger charge is 2.18. The minimum atomic E-state index is -0.721. The predicted molar refractivity (Wildman–Crippen MR) is 114 cm³/mol. The molecule has 1 amide bonds. The quantitative estimate of drug-likeness (QED) is 0.506. The van der Waals surface area contributed by atoms with Gasteiger partial charge < -0.3 is 19.2 Å². The zero-order chi connectivity index (χ0) is 21.1.